The third-order valence-electron chi connectivity index (χ3n) is 5.45. The number of aryl methyl sites for hydroxylation is 1. The molecule has 4 aromatic carbocycles. The van der Waals surface area contributed by atoms with E-state index >= 15 is 0 Å². The zero-order chi connectivity index (χ0) is 25.3. The van der Waals surface area contributed by atoms with Crippen LogP contribution in [0.2, 0.25) is 0 Å². The Kier molecular flexibility index (Phi) is 6.56. The Bertz CT molecular complexity index is 1320. The van der Waals surface area contributed by atoms with Gasteiger partial charge in [-0.25, -0.2) is 22.0 Å². The molecule has 1 nitrogen and oxygen atoms in total. The zero-order valence-electron chi connectivity index (χ0n) is 18.2. The summed E-state index contributed by atoms with van der Waals surface area (Å²) in [6.07, 6.45) is -3.74. The first kappa shape index (κ1) is 24.3. The molecule has 0 spiro atoms. The van der Waals surface area contributed by atoms with E-state index in [1.807, 2.05) is 31.2 Å². The number of halogens is 7. The quantitative estimate of drug-likeness (QED) is 0.195. The molecule has 180 valence electrons. The lowest BCUT2D eigenvalue weighted by Gasteiger charge is -2.20. The van der Waals surface area contributed by atoms with Crippen LogP contribution in [0.3, 0.4) is 0 Å². The molecule has 0 aliphatic carbocycles. The summed E-state index contributed by atoms with van der Waals surface area (Å²) in [5, 5.41) is 0. The molecule has 0 aliphatic heterocycles. The van der Waals surface area contributed by atoms with Crippen LogP contribution >= 0.6 is 0 Å². The average Bonchev–Trinajstić information content (AvgIpc) is 2.81. The minimum Gasteiger partial charge on any atom is -0.429 e. The summed E-state index contributed by atoms with van der Waals surface area (Å²) in [4.78, 5) is 0. The minimum atomic E-state index is -4.64. The van der Waals surface area contributed by atoms with Gasteiger partial charge in [0.25, 0.3) is 0 Å². The normalized spacial score (nSPS) is 11.5. The average molecular weight is 490 g/mol. The first-order valence-electron chi connectivity index (χ1n) is 10.5. The van der Waals surface area contributed by atoms with Gasteiger partial charge < -0.3 is 4.74 Å². The second-order valence-electron chi connectivity index (χ2n) is 7.76. The number of alkyl halides is 2. The molecule has 0 radical (unpaired) electrons. The predicted molar refractivity (Wildman–Crippen MR) is 117 cm³/mol. The van der Waals surface area contributed by atoms with E-state index in [4.69, 9.17) is 0 Å². The first-order valence-corrected chi connectivity index (χ1v) is 10.5. The topological polar surface area (TPSA) is 9.23 Å². The highest BCUT2D eigenvalue weighted by atomic mass is 19.3. The number of rotatable bonds is 6. The van der Waals surface area contributed by atoms with E-state index in [0.29, 0.717) is 17.7 Å². The summed E-state index contributed by atoms with van der Waals surface area (Å²) in [5.74, 6) is -9.89. The standard InChI is InChI=1S/C27H17F7O/c1-2-15-3-5-16(6-4-15)17-7-9-18(10-8-17)19-11-21(28)25(22(29)12-19)27(33,34)35-20-13-23(30)26(32)24(31)14-20/h3-14H,2H2,1H3. The van der Waals surface area contributed by atoms with Crippen LogP contribution in [0.1, 0.15) is 18.1 Å². The largest absolute Gasteiger partial charge is 0.432 e. The molecule has 0 heterocycles. The van der Waals surface area contributed by atoms with Crippen molar-refractivity contribution in [2.45, 2.75) is 19.5 Å². The molecule has 0 fully saturated rings. The van der Waals surface area contributed by atoms with Crippen molar-refractivity contribution in [3.8, 4) is 28.0 Å². The molecule has 0 bridgehead atoms. The molecule has 0 saturated carbocycles. The second kappa shape index (κ2) is 9.44. The van der Waals surface area contributed by atoms with Crippen molar-refractivity contribution in [3.63, 3.8) is 0 Å². The van der Waals surface area contributed by atoms with Crippen molar-refractivity contribution < 1.29 is 35.5 Å². The van der Waals surface area contributed by atoms with Crippen LogP contribution < -0.4 is 4.74 Å². The monoisotopic (exact) mass is 490 g/mol. The van der Waals surface area contributed by atoms with E-state index in [9.17, 15) is 30.7 Å². The lowest BCUT2D eigenvalue weighted by molar-refractivity contribution is -0.189. The van der Waals surface area contributed by atoms with Gasteiger partial charge in [-0.05, 0) is 46.4 Å². The molecule has 0 amide bonds. The van der Waals surface area contributed by atoms with Crippen LogP contribution in [-0.2, 0) is 12.5 Å². The van der Waals surface area contributed by atoms with Gasteiger partial charge in [0, 0.05) is 12.1 Å². The number of hydrogen-bond donors (Lipinski definition) is 0. The summed E-state index contributed by atoms with van der Waals surface area (Å²) < 4.78 is 102. The molecular weight excluding hydrogens is 473 g/mol. The fraction of sp³-hybridized carbons (Fsp3) is 0.111. The molecule has 0 unspecified atom stereocenters. The van der Waals surface area contributed by atoms with E-state index in [1.54, 1.807) is 24.3 Å². The highest BCUT2D eigenvalue weighted by Crippen LogP contribution is 2.38. The second-order valence-corrected chi connectivity index (χ2v) is 7.76. The van der Waals surface area contributed by atoms with E-state index in [2.05, 4.69) is 4.74 Å². The van der Waals surface area contributed by atoms with Gasteiger partial charge in [0.1, 0.15) is 22.9 Å². The number of ether oxygens (including phenoxy) is 1. The Balaban J connectivity index is 1.61. The molecule has 0 N–H and O–H groups in total. The lowest BCUT2D eigenvalue weighted by atomic mass is 9.98. The van der Waals surface area contributed by atoms with Gasteiger partial charge >= 0.3 is 6.11 Å². The fourth-order valence-electron chi connectivity index (χ4n) is 3.60. The van der Waals surface area contributed by atoms with Gasteiger partial charge in [0.05, 0.1) is 0 Å². The van der Waals surface area contributed by atoms with E-state index < -0.39 is 46.5 Å². The Morgan fingerprint density at radius 1 is 0.600 bits per heavy atom. The Hall–Kier alpha value is -3.81. The van der Waals surface area contributed by atoms with E-state index in [-0.39, 0.29) is 17.7 Å². The van der Waals surface area contributed by atoms with Crippen molar-refractivity contribution in [3.05, 3.63) is 113 Å². The van der Waals surface area contributed by atoms with Crippen LogP contribution in [-0.4, -0.2) is 0 Å². The van der Waals surface area contributed by atoms with E-state index in [0.717, 1.165) is 17.5 Å². The van der Waals surface area contributed by atoms with Crippen molar-refractivity contribution in [1.82, 2.24) is 0 Å². The minimum absolute atomic E-state index is 0.00805. The lowest BCUT2D eigenvalue weighted by Crippen LogP contribution is -2.25. The molecular formula is C27H17F7O. The summed E-state index contributed by atoms with van der Waals surface area (Å²) in [5.41, 5.74) is 1.58. The highest BCUT2D eigenvalue weighted by Gasteiger charge is 2.41. The third kappa shape index (κ3) is 5.01. The first-order chi connectivity index (χ1) is 16.6. The number of benzene rings is 4. The van der Waals surface area contributed by atoms with Gasteiger partial charge in [-0.15, -0.1) is 0 Å². The van der Waals surface area contributed by atoms with Gasteiger partial charge in [-0.1, -0.05) is 55.5 Å². The van der Waals surface area contributed by atoms with Crippen molar-refractivity contribution >= 4 is 0 Å². The third-order valence-corrected chi connectivity index (χ3v) is 5.45. The molecule has 0 saturated heterocycles. The summed E-state index contributed by atoms with van der Waals surface area (Å²) in [7, 11) is 0. The Labute approximate surface area is 196 Å². The van der Waals surface area contributed by atoms with Gasteiger partial charge in [0.2, 0.25) is 0 Å². The van der Waals surface area contributed by atoms with Crippen molar-refractivity contribution in [2.75, 3.05) is 0 Å². The summed E-state index contributed by atoms with van der Waals surface area (Å²) in [6.45, 7) is 2.04. The molecule has 0 aliphatic rings. The maximum atomic E-state index is 14.6. The number of hydrogen-bond acceptors (Lipinski definition) is 1. The van der Waals surface area contributed by atoms with Crippen molar-refractivity contribution in [1.29, 1.82) is 0 Å². The molecule has 0 aromatic heterocycles. The van der Waals surface area contributed by atoms with Gasteiger partial charge in [-0.2, -0.15) is 8.78 Å². The Morgan fingerprint density at radius 2 is 1.03 bits per heavy atom. The van der Waals surface area contributed by atoms with Crippen molar-refractivity contribution in [2.24, 2.45) is 0 Å². The molecule has 4 rings (SSSR count). The van der Waals surface area contributed by atoms with Crippen LogP contribution in [0.25, 0.3) is 22.3 Å². The molecule has 0 atom stereocenters. The summed E-state index contributed by atoms with van der Waals surface area (Å²) >= 11 is 0. The SMILES string of the molecule is CCc1ccc(-c2ccc(-c3cc(F)c(C(F)(F)Oc4cc(F)c(F)c(F)c4)c(F)c3)cc2)cc1. The van der Waals surface area contributed by atoms with Crippen LogP contribution in [0.15, 0.2) is 72.8 Å². The maximum Gasteiger partial charge on any atom is 0.432 e. The molecule has 35 heavy (non-hydrogen) atoms. The van der Waals surface area contributed by atoms with Crippen LogP contribution in [0.5, 0.6) is 5.75 Å². The van der Waals surface area contributed by atoms with Gasteiger partial charge in [0.15, 0.2) is 17.5 Å². The zero-order valence-corrected chi connectivity index (χ0v) is 18.2. The van der Waals surface area contributed by atoms with Gasteiger partial charge in [-0.3, -0.25) is 0 Å². The van der Waals surface area contributed by atoms with Crippen LogP contribution in [0.4, 0.5) is 30.7 Å². The highest BCUT2D eigenvalue weighted by molar-refractivity contribution is 5.71. The van der Waals surface area contributed by atoms with E-state index in [1.165, 1.54) is 5.56 Å². The predicted octanol–water partition coefficient (Wildman–Crippen LogP) is 8.41. The molecule has 4 aromatic rings. The maximum absolute atomic E-state index is 14.6. The smallest absolute Gasteiger partial charge is 0.429 e. The summed E-state index contributed by atoms with van der Waals surface area (Å²) in [6, 6.07) is 16.2. The fourth-order valence-corrected chi connectivity index (χ4v) is 3.60. The van der Waals surface area contributed by atoms with Crippen LogP contribution in [0, 0.1) is 29.1 Å². The molecule has 8 heteroatoms. The Morgan fingerprint density at radius 3 is 1.49 bits per heavy atom.